The Kier molecular flexibility index (Phi) is 3.77. The minimum absolute atomic E-state index is 0.542. The lowest BCUT2D eigenvalue weighted by Crippen LogP contribution is -2.07. The van der Waals surface area contributed by atoms with Gasteiger partial charge in [-0.15, -0.1) is 0 Å². The molecule has 1 aromatic carbocycles. The molecule has 3 rings (SSSR count). The molecule has 0 radical (unpaired) electrons. The summed E-state index contributed by atoms with van der Waals surface area (Å²) < 4.78 is 2.28. The second-order valence-electron chi connectivity index (χ2n) is 5.30. The molecule has 0 bridgehead atoms. The highest BCUT2D eigenvalue weighted by molar-refractivity contribution is 7.71. The van der Waals surface area contributed by atoms with E-state index in [2.05, 4.69) is 39.4 Å². The molecule has 0 spiro atoms. The zero-order valence-electron chi connectivity index (χ0n) is 12.7. The van der Waals surface area contributed by atoms with E-state index < -0.39 is 0 Å². The summed E-state index contributed by atoms with van der Waals surface area (Å²) in [6, 6.07) is 12.0. The van der Waals surface area contributed by atoms with Crippen molar-refractivity contribution in [1.82, 2.24) is 19.7 Å². The van der Waals surface area contributed by atoms with Gasteiger partial charge in [0.1, 0.15) is 10.5 Å². The van der Waals surface area contributed by atoms with E-state index >= 15 is 0 Å². The smallest absolute Gasteiger partial charge is 0.231 e. The standard InChI is InChI=1S/C16H17N5S/c1-10-4-6-13(7-5-10)18-14-8-12(3)20-21(14)16-17-11(2)9-15(22)19-16/h4-9,18H,1-3H3,(H,17,19,22). The van der Waals surface area contributed by atoms with Gasteiger partial charge in [-0.1, -0.05) is 29.9 Å². The van der Waals surface area contributed by atoms with Gasteiger partial charge in [-0.05, 0) is 39.0 Å². The first-order valence-electron chi connectivity index (χ1n) is 7.00. The zero-order chi connectivity index (χ0) is 15.7. The minimum Gasteiger partial charge on any atom is -0.340 e. The van der Waals surface area contributed by atoms with Crippen LogP contribution < -0.4 is 5.32 Å². The minimum atomic E-state index is 0.542. The molecule has 3 aromatic rings. The Morgan fingerprint density at radius 2 is 1.82 bits per heavy atom. The van der Waals surface area contributed by atoms with E-state index in [1.54, 1.807) is 4.68 Å². The lowest BCUT2D eigenvalue weighted by Gasteiger charge is -2.10. The molecule has 0 unspecified atom stereocenters. The molecule has 112 valence electrons. The van der Waals surface area contributed by atoms with Crippen molar-refractivity contribution in [3.63, 3.8) is 0 Å². The number of aryl methyl sites for hydroxylation is 3. The van der Waals surface area contributed by atoms with Crippen LogP contribution in [0.4, 0.5) is 11.5 Å². The van der Waals surface area contributed by atoms with Crippen molar-refractivity contribution in [3.05, 3.63) is 58.0 Å². The summed E-state index contributed by atoms with van der Waals surface area (Å²) in [6.45, 7) is 5.96. The number of nitrogens with one attached hydrogen (secondary N) is 2. The first-order valence-corrected chi connectivity index (χ1v) is 7.41. The Morgan fingerprint density at radius 3 is 2.50 bits per heavy atom. The van der Waals surface area contributed by atoms with Crippen molar-refractivity contribution in [1.29, 1.82) is 0 Å². The number of hydrogen-bond acceptors (Lipinski definition) is 4. The summed E-state index contributed by atoms with van der Waals surface area (Å²) in [5.74, 6) is 1.44. The van der Waals surface area contributed by atoms with Crippen LogP contribution >= 0.6 is 12.2 Å². The van der Waals surface area contributed by atoms with Crippen molar-refractivity contribution < 1.29 is 0 Å². The third kappa shape index (κ3) is 3.07. The molecule has 0 saturated carbocycles. The molecule has 0 amide bonds. The van der Waals surface area contributed by atoms with Gasteiger partial charge in [-0.2, -0.15) is 9.78 Å². The van der Waals surface area contributed by atoms with Crippen molar-refractivity contribution in [2.45, 2.75) is 20.8 Å². The molecule has 2 N–H and O–H groups in total. The number of rotatable bonds is 3. The van der Waals surface area contributed by atoms with E-state index in [1.165, 1.54) is 5.56 Å². The lowest BCUT2D eigenvalue weighted by atomic mass is 10.2. The van der Waals surface area contributed by atoms with Gasteiger partial charge in [0.05, 0.1) is 5.69 Å². The van der Waals surface area contributed by atoms with Crippen LogP contribution in [0.1, 0.15) is 17.0 Å². The van der Waals surface area contributed by atoms with Crippen LogP contribution in [-0.4, -0.2) is 19.7 Å². The summed E-state index contributed by atoms with van der Waals surface area (Å²) in [6.07, 6.45) is 0. The van der Waals surface area contributed by atoms with Crippen LogP contribution in [-0.2, 0) is 0 Å². The lowest BCUT2D eigenvalue weighted by molar-refractivity contribution is 0.795. The molecule has 2 aromatic heterocycles. The second-order valence-corrected chi connectivity index (χ2v) is 5.72. The molecule has 0 aliphatic rings. The molecule has 5 nitrogen and oxygen atoms in total. The summed E-state index contributed by atoms with van der Waals surface area (Å²) in [7, 11) is 0. The maximum atomic E-state index is 5.19. The SMILES string of the molecule is Cc1ccc(Nc2cc(C)nn2-c2nc(=S)cc(C)[nH]2)cc1. The van der Waals surface area contributed by atoms with E-state index in [1.807, 2.05) is 38.1 Å². The van der Waals surface area contributed by atoms with Crippen LogP contribution in [0.25, 0.3) is 5.95 Å². The van der Waals surface area contributed by atoms with E-state index in [0.29, 0.717) is 10.6 Å². The third-order valence-corrected chi connectivity index (χ3v) is 3.43. The van der Waals surface area contributed by atoms with E-state index in [4.69, 9.17) is 12.2 Å². The fourth-order valence-electron chi connectivity index (χ4n) is 2.20. The number of benzene rings is 1. The van der Waals surface area contributed by atoms with Gasteiger partial charge in [0.15, 0.2) is 0 Å². The summed E-state index contributed by atoms with van der Waals surface area (Å²) in [4.78, 5) is 7.55. The molecule has 0 aliphatic heterocycles. The Morgan fingerprint density at radius 1 is 1.09 bits per heavy atom. The van der Waals surface area contributed by atoms with Gasteiger partial charge in [0.2, 0.25) is 5.95 Å². The van der Waals surface area contributed by atoms with Crippen LogP contribution in [0.3, 0.4) is 0 Å². The fraction of sp³-hybridized carbons (Fsp3) is 0.188. The van der Waals surface area contributed by atoms with Crippen LogP contribution in [0.5, 0.6) is 0 Å². The molecule has 0 saturated heterocycles. The number of aromatic nitrogens is 4. The largest absolute Gasteiger partial charge is 0.340 e. The Balaban J connectivity index is 2.02. The van der Waals surface area contributed by atoms with E-state index in [0.717, 1.165) is 22.9 Å². The number of H-pyrrole nitrogens is 1. The quantitative estimate of drug-likeness (QED) is 0.718. The first kappa shape index (κ1) is 14.5. The molecule has 0 fully saturated rings. The van der Waals surface area contributed by atoms with Crippen molar-refractivity contribution in [2.75, 3.05) is 5.32 Å². The van der Waals surface area contributed by atoms with Crippen LogP contribution in [0.15, 0.2) is 36.4 Å². The van der Waals surface area contributed by atoms with Crippen LogP contribution in [0, 0.1) is 25.4 Å². The molecule has 6 heteroatoms. The summed E-state index contributed by atoms with van der Waals surface area (Å²) >= 11 is 5.19. The highest BCUT2D eigenvalue weighted by Crippen LogP contribution is 2.20. The Bertz CT molecular complexity index is 861. The highest BCUT2D eigenvalue weighted by Gasteiger charge is 2.10. The number of nitrogens with zero attached hydrogens (tertiary/aromatic N) is 3. The van der Waals surface area contributed by atoms with E-state index in [-0.39, 0.29) is 0 Å². The first-order chi connectivity index (χ1) is 10.5. The Hall–Kier alpha value is -2.47. The predicted octanol–water partition coefficient (Wildman–Crippen LogP) is 3.99. The van der Waals surface area contributed by atoms with E-state index in [9.17, 15) is 0 Å². The van der Waals surface area contributed by atoms with Gasteiger partial charge in [0, 0.05) is 17.4 Å². The van der Waals surface area contributed by atoms with Crippen molar-refractivity contribution in [2.24, 2.45) is 0 Å². The molecular weight excluding hydrogens is 294 g/mol. The summed E-state index contributed by atoms with van der Waals surface area (Å²) in [5, 5.41) is 7.86. The maximum Gasteiger partial charge on any atom is 0.231 e. The van der Waals surface area contributed by atoms with Gasteiger partial charge < -0.3 is 10.3 Å². The fourth-order valence-corrected chi connectivity index (χ4v) is 2.46. The zero-order valence-corrected chi connectivity index (χ0v) is 13.5. The monoisotopic (exact) mass is 311 g/mol. The second kappa shape index (κ2) is 5.73. The molecular formula is C16H17N5S. The molecule has 0 aliphatic carbocycles. The number of aromatic amines is 1. The van der Waals surface area contributed by atoms with Gasteiger partial charge in [-0.3, -0.25) is 0 Å². The highest BCUT2D eigenvalue weighted by atomic mass is 32.1. The van der Waals surface area contributed by atoms with Crippen LogP contribution in [0.2, 0.25) is 0 Å². The molecule has 22 heavy (non-hydrogen) atoms. The average molecular weight is 311 g/mol. The molecule has 2 heterocycles. The van der Waals surface area contributed by atoms with Crippen molar-refractivity contribution >= 4 is 23.7 Å². The predicted molar refractivity (Wildman–Crippen MR) is 90.5 cm³/mol. The van der Waals surface area contributed by atoms with Crippen molar-refractivity contribution in [3.8, 4) is 5.95 Å². The normalized spacial score (nSPS) is 10.7. The van der Waals surface area contributed by atoms with Gasteiger partial charge in [-0.25, -0.2) is 4.98 Å². The average Bonchev–Trinajstić information content (AvgIpc) is 2.81. The van der Waals surface area contributed by atoms with Gasteiger partial charge in [0.25, 0.3) is 0 Å². The third-order valence-electron chi connectivity index (χ3n) is 3.22. The number of anilines is 2. The molecule has 0 atom stereocenters. The Labute approximate surface area is 134 Å². The summed E-state index contributed by atoms with van der Waals surface area (Å²) in [5.41, 5.74) is 4.07. The number of hydrogen-bond donors (Lipinski definition) is 2. The maximum absolute atomic E-state index is 5.19. The topological polar surface area (TPSA) is 58.5 Å². The van der Waals surface area contributed by atoms with Gasteiger partial charge >= 0.3 is 0 Å².